The van der Waals surface area contributed by atoms with E-state index in [9.17, 15) is 0 Å². The third-order valence-corrected chi connectivity index (χ3v) is 3.39. The molecule has 2 aromatic rings. The molecule has 0 amide bonds. The van der Waals surface area contributed by atoms with Crippen LogP contribution in [0.15, 0.2) is 36.4 Å². The third-order valence-electron chi connectivity index (χ3n) is 3.39. The third kappa shape index (κ3) is 2.36. The molecule has 0 saturated carbocycles. The van der Waals surface area contributed by atoms with Gasteiger partial charge < -0.3 is 14.8 Å². The summed E-state index contributed by atoms with van der Waals surface area (Å²) in [5, 5.41) is 3.49. The molecule has 3 heteroatoms. The van der Waals surface area contributed by atoms with Gasteiger partial charge in [-0.15, -0.1) is 0 Å². The minimum atomic E-state index is 0.323. The maximum absolute atomic E-state index is 5.39. The molecular weight excluding hydrogens is 238 g/mol. The van der Waals surface area contributed by atoms with Crippen LogP contribution in [-0.4, -0.2) is 6.79 Å². The second kappa shape index (κ2) is 4.84. The van der Waals surface area contributed by atoms with Crippen molar-refractivity contribution >= 4 is 5.69 Å². The highest BCUT2D eigenvalue weighted by atomic mass is 16.7. The molecule has 0 fully saturated rings. The number of hydrogen-bond donors (Lipinski definition) is 1. The summed E-state index contributed by atoms with van der Waals surface area (Å²) in [5.41, 5.74) is 4.92. The Kier molecular flexibility index (Phi) is 3.03. The fraction of sp³-hybridized carbons (Fsp3) is 0.250. The Balaban J connectivity index is 1.76. The van der Waals surface area contributed by atoms with Gasteiger partial charge in [0.1, 0.15) is 0 Å². The van der Waals surface area contributed by atoms with Gasteiger partial charge in [-0.05, 0) is 42.7 Å². The van der Waals surface area contributed by atoms with E-state index in [-0.39, 0.29) is 0 Å². The smallest absolute Gasteiger partial charge is 0.231 e. The van der Waals surface area contributed by atoms with Crippen molar-refractivity contribution in [3.8, 4) is 11.5 Å². The molecule has 0 spiro atoms. The van der Waals surface area contributed by atoms with Gasteiger partial charge in [-0.1, -0.05) is 24.3 Å². The second-order valence-electron chi connectivity index (χ2n) is 4.81. The molecule has 1 aliphatic rings. The quantitative estimate of drug-likeness (QED) is 0.908. The summed E-state index contributed by atoms with van der Waals surface area (Å²) >= 11 is 0. The monoisotopic (exact) mass is 255 g/mol. The summed E-state index contributed by atoms with van der Waals surface area (Å²) < 4.78 is 10.7. The molecule has 0 atom stereocenters. The predicted molar refractivity (Wildman–Crippen MR) is 75.8 cm³/mol. The van der Waals surface area contributed by atoms with Crippen LogP contribution in [0.2, 0.25) is 0 Å². The molecule has 3 nitrogen and oxygen atoms in total. The van der Waals surface area contributed by atoms with Crippen LogP contribution in [0.25, 0.3) is 0 Å². The van der Waals surface area contributed by atoms with E-state index in [0.717, 1.165) is 18.0 Å². The Morgan fingerprint density at radius 2 is 1.74 bits per heavy atom. The molecule has 0 bridgehead atoms. The number of benzene rings is 2. The first kappa shape index (κ1) is 11.9. The average Bonchev–Trinajstić information content (AvgIpc) is 2.85. The van der Waals surface area contributed by atoms with Crippen LogP contribution in [0.1, 0.15) is 16.7 Å². The molecule has 98 valence electrons. The van der Waals surface area contributed by atoms with Crippen LogP contribution in [0.3, 0.4) is 0 Å². The van der Waals surface area contributed by atoms with Crippen LogP contribution < -0.4 is 14.8 Å². The molecule has 19 heavy (non-hydrogen) atoms. The molecule has 3 rings (SSSR count). The zero-order valence-corrected chi connectivity index (χ0v) is 11.2. The number of aryl methyl sites for hydroxylation is 2. The summed E-state index contributed by atoms with van der Waals surface area (Å²) in [7, 11) is 0. The lowest BCUT2D eigenvalue weighted by molar-refractivity contribution is 0.174. The lowest BCUT2D eigenvalue weighted by Crippen LogP contribution is -2.02. The number of nitrogens with one attached hydrogen (secondary N) is 1. The molecule has 0 aromatic heterocycles. The van der Waals surface area contributed by atoms with E-state index < -0.39 is 0 Å². The maximum atomic E-state index is 5.39. The van der Waals surface area contributed by atoms with Crippen molar-refractivity contribution in [1.82, 2.24) is 0 Å². The highest BCUT2D eigenvalue weighted by Crippen LogP contribution is 2.32. The lowest BCUT2D eigenvalue weighted by atomic mass is 10.1. The van der Waals surface area contributed by atoms with E-state index in [0.29, 0.717) is 6.79 Å². The zero-order valence-electron chi connectivity index (χ0n) is 11.2. The summed E-state index contributed by atoms with van der Waals surface area (Å²) in [6, 6.07) is 12.4. The van der Waals surface area contributed by atoms with Crippen molar-refractivity contribution in [2.45, 2.75) is 20.4 Å². The van der Waals surface area contributed by atoms with Gasteiger partial charge >= 0.3 is 0 Å². The Hall–Kier alpha value is -2.16. The fourth-order valence-electron chi connectivity index (χ4n) is 2.33. The average molecular weight is 255 g/mol. The molecule has 0 radical (unpaired) electrons. The van der Waals surface area contributed by atoms with Crippen LogP contribution in [0, 0.1) is 13.8 Å². The first-order chi connectivity index (χ1) is 9.24. The van der Waals surface area contributed by atoms with Crippen molar-refractivity contribution in [3.63, 3.8) is 0 Å². The van der Waals surface area contributed by atoms with E-state index in [4.69, 9.17) is 9.47 Å². The van der Waals surface area contributed by atoms with Gasteiger partial charge in [-0.3, -0.25) is 0 Å². The van der Waals surface area contributed by atoms with Crippen LogP contribution >= 0.6 is 0 Å². The van der Waals surface area contributed by atoms with Crippen LogP contribution in [-0.2, 0) is 6.54 Å². The standard InChI is InChI=1S/C16H17NO2/c1-11-4-3-5-12(2)16(11)17-9-13-6-7-14-15(8-13)19-10-18-14/h3-8,17H,9-10H2,1-2H3. The van der Waals surface area contributed by atoms with Crippen molar-refractivity contribution in [2.75, 3.05) is 12.1 Å². The van der Waals surface area contributed by atoms with Gasteiger partial charge in [0.25, 0.3) is 0 Å². The molecule has 0 saturated heterocycles. The van der Waals surface area contributed by atoms with Gasteiger partial charge in [-0.2, -0.15) is 0 Å². The minimum Gasteiger partial charge on any atom is -0.454 e. The van der Waals surface area contributed by atoms with E-state index in [1.807, 2.05) is 12.1 Å². The Bertz CT molecular complexity index is 587. The number of ether oxygens (including phenoxy) is 2. The first-order valence-corrected chi connectivity index (χ1v) is 6.42. The van der Waals surface area contributed by atoms with E-state index in [1.165, 1.54) is 22.4 Å². The molecule has 2 aromatic carbocycles. The zero-order chi connectivity index (χ0) is 13.2. The lowest BCUT2D eigenvalue weighted by Gasteiger charge is -2.12. The highest BCUT2D eigenvalue weighted by molar-refractivity contribution is 5.57. The van der Waals surface area contributed by atoms with Gasteiger partial charge in [0.15, 0.2) is 11.5 Å². The SMILES string of the molecule is Cc1cccc(C)c1NCc1ccc2c(c1)OCO2. The number of anilines is 1. The van der Waals surface area contributed by atoms with Gasteiger partial charge in [0.05, 0.1) is 0 Å². The number of fused-ring (bicyclic) bond motifs is 1. The Morgan fingerprint density at radius 1 is 1.00 bits per heavy atom. The van der Waals surface area contributed by atoms with Crippen LogP contribution in [0.4, 0.5) is 5.69 Å². The summed E-state index contributed by atoms with van der Waals surface area (Å²) in [5.74, 6) is 1.66. The minimum absolute atomic E-state index is 0.323. The van der Waals surface area contributed by atoms with Crippen molar-refractivity contribution in [3.05, 3.63) is 53.1 Å². The highest BCUT2D eigenvalue weighted by Gasteiger charge is 2.13. The summed E-state index contributed by atoms with van der Waals surface area (Å²) in [6.45, 7) is 5.34. The van der Waals surface area contributed by atoms with E-state index in [1.54, 1.807) is 0 Å². The Morgan fingerprint density at radius 3 is 2.53 bits per heavy atom. The topological polar surface area (TPSA) is 30.5 Å². The van der Waals surface area contributed by atoms with Crippen LogP contribution in [0.5, 0.6) is 11.5 Å². The van der Waals surface area contributed by atoms with E-state index >= 15 is 0 Å². The summed E-state index contributed by atoms with van der Waals surface area (Å²) in [6.07, 6.45) is 0. The fourth-order valence-corrected chi connectivity index (χ4v) is 2.33. The molecule has 0 aliphatic carbocycles. The number of hydrogen-bond acceptors (Lipinski definition) is 3. The van der Waals surface area contributed by atoms with Gasteiger partial charge in [0, 0.05) is 12.2 Å². The molecular formula is C16H17NO2. The molecule has 1 aliphatic heterocycles. The largest absolute Gasteiger partial charge is 0.454 e. The normalized spacial score (nSPS) is 12.5. The Labute approximate surface area is 113 Å². The summed E-state index contributed by atoms with van der Waals surface area (Å²) in [4.78, 5) is 0. The first-order valence-electron chi connectivity index (χ1n) is 6.42. The number of rotatable bonds is 3. The van der Waals surface area contributed by atoms with Crippen molar-refractivity contribution in [1.29, 1.82) is 0 Å². The molecule has 1 heterocycles. The molecule has 1 N–H and O–H groups in total. The molecule has 0 unspecified atom stereocenters. The second-order valence-corrected chi connectivity index (χ2v) is 4.81. The van der Waals surface area contributed by atoms with E-state index in [2.05, 4.69) is 43.4 Å². The van der Waals surface area contributed by atoms with Crippen molar-refractivity contribution < 1.29 is 9.47 Å². The van der Waals surface area contributed by atoms with Gasteiger partial charge in [-0.25, -0.2) is 0 Å². The maximum Gasteiger partial charge on any atom is 0.231 e. The number of para-hydroxylation sites is 1. The van der Waals surface area contributed by atoms with Crippen molar-refractivity contribution in [2.24, 2.45) is 0 Å². The van der Waals surface area contributed by atoms with Gasteiger partial charge in [0.2, 0.25) is 6.79 Å². The predicted octanol–water partition coefficient (Wildman–Crippen LogP) is 3.64.